The van der Waals surface area contributed by atoms with Gasteiger partial charge in [-0.1, -0.05) is 41.6 Å². The molecule has 0 saturated heterocycles. The van der Waals surface area contributed by atoms with E-state index in [9.17, 15) is 4.79 Å². The van der Waals surface area contributed by atoms with Gasteiger partial charge in [0.1, 0.15) is 0 Å². The van der Waals surface area contributed by atoms with Gasteiger partial charge in [0.05, 0.1) is 22.5 Å². The summed E-state index contributed by atoms with van der Waals surface area (Å²) in [4.78, 5) is 17.4. The van der Waals surface area contributed by atoms with Crippen LogP contribution in [0, 0.1) is 11.3 Å². The van der Waals surface area contributed by atoms with E-state index in [4.69, 9.17) is 16.9 Å². The third-order valence-corrected chi connectivity index (χ3v) is 4.93. The number of benzene rings is 2. The lowest BCUT2D eigenvalue weighted by atomic mass is 10.2. The highest BCUT2D eigenvalue weighted by Crippen LogP contribution is 2.23. The molecule has 124 valence electrons. The molecular weight excluding hydrogens is 354 g/mol. The van der Waals surface area contributed by atoms with E-state index in [-0.39, 0.29) is 5.56 Å². The maximum atomic E-state index is 12.8. The van der Waals surface area contributed by atoms with Gasteiger partial charge >= 0.3 is 0 Å². The number of hydrogen-bond donors (Lipinski definition) is 0. The van der Waals surface area contributed by atoms with Crippen LogP contribution in [0.15, 0.2) is 65.1 Å². The fourth-order valence-corrected chi connectivity index (χ4v) is 3.53. The van der Waals surface area contributed by atoms with Crippen molar-refractivity contribution in [1.29, 1.82) is 5.26 Å². The molecule has 0 saturated carbocycles. The van der Waals surface area contributed by atoms with Crippen molar-refractivity contribution in [2.75, 3.05) is 0 Å². The molecule has 0 bridgehead atoms. The molecule has 0 unspecified atom stereocenters. The summed E-state index contributed by atoms with van der Waals surface area (Å²) in [6.07, 6.45) is 1.67. The van der Waals surface area contributed by atoms with Crippen molar-refractivity contribution in [3.63, 3.8) is 0 Å². The zero-order chi connectivity index (χ0) is 17.8. The highest BCUT2D eigenvalue weighted by molar-refractivity contribution is 7.98. The number of halogens is 1. The topological polar surface area (TPSA) is 58.7 Å². The summed E-state index contributed by atoms with van der Waals surface area (Å²) in [6, 6.07) is 14.6. The molecule has 3 aromatic rings. The van der Waals surface area contributed by atoms with E-state index in [1.165, 1.54) is 11.8 Å². The van der Waals surface area contributed by atoms with Crippen LogP contribution in [0.2, 0.25) is 5.02 Å². The Labute approximate surface area is 154 Å². The lowest BCUT2D eigenvalue weighted by Gasteiger charge is -2.11. The molecule has 0 fully saturated rings. The van der Waals surface area contributed by atoms with Gasteiger partial charge in [-0.05, 0) is 35.9 Å². The Balaban J connectivity index is 1.97. The van der Waals surface area contributed by atoms with Crippen LogP contribution in [0.25, 0.3) is 10.9 Å². The molecule has 25 heavy (non-hydrogen) atoms. The number of nitrogens with zero attached hydrogens (tertiary/aromatic N) is 3. The monoisotopic (exact) mass is 367 g/mol. The van der Waals surface area contributed by atoms with Crippen molar-refractivity contribution in [1.82, 2.24) is 9.55 Å². The molecule has 0 aliphatic carbocycles. The van der Waals surface area contributed by atoms with Crippen molar-refractivity contribution in [2.24, 2.45) is 0 Å². The molecule has 0 radical (unpaired) electrons. The predicted octanol–water partition coefficient (Wildman–Crippen LogP) is 4.40. The van der Waals surface area contributed by atoms with Crippen LogP contribution in [-0.4, -0.2) is 9.55 Å². The highest BCUT2D eigenvalue weighted by atomic mass is 35.5. The van der Waals surface area contributed by atoms with Gasteiger partial charge in [0.2, 0.25) is 0 Å². The SMILES string of the molecule is C=CCn1c(SCc2ccc(C#N)cc2)nc2ccc(Cl)cc2c1=O. The summed E-state index contributed by atoms with van der Waals surface area (Å²) in [5.74, 6) is 0.647. The van der Waals surface area contributed by atoms with Crippen LogP contribution in [0.4, 0.5) is 0 Å². The Morgan fingerprint density at radius 3 is 2.72 bits per heavy atom. The second kappa shape index (κ2) is 7.56. The number of rotatable bonds is 5. The Morgan fingerprint density at radius 1 is 1.28 bits per heavy atom. The van der Waals surface area contributed by atoms with Gasteiger partial charge in [-0.2, -0.15) is 5.26 Å². The van der Waals surface area contributed by atoms with E-state index >= 15 is 0 Å². The van der Waals surface area contributed by atoms with Crippen LogP contribution in [0.3, 0.4) is 0 Å². The van der Waals surface area contributed by atoms with Gasteiger partial charge in [0.15, 0.2) is 5.16 Å². The number of fused-ring (bicyclic) bond motifs is 1. The van der Waals surface area contributed by atoms with Crippen molar-refractivity contribution < 1.29 is 0 Å². The highest BCUT2D eigenvalue weighted by Gasteiger charge is 2.11. The first kappa shape index (κ1) is 17.3. The van der Waals surface area contributed by atoms with Gasteiger partial charge in [0.25, 0.3) is 5.56 Å². The van der Waals surface area contributed by atoms with Gasteiger partial charge in [-0.3, -0.25) is 9.36 Å². The summed E-state index contributed by atoms with van der Waals surface area (Å²) < 4.78 is 1.60. The summed E-state index contributed by atoms with van der Waals surface area (Å²) in [5, 5.41) is 10.5. The Hall–Kier alpha value is -2.55. The van der Waals surface area contributed by atoms with Crippen molar-refractivity contribution >= 4 is 34.3 Å². The Morgan fingerprint density at radius 2 is 2.04 bits per heavy atom. The third-order valence-electron chi connectivity index (χ3n) is 3.64. The average Bonchev–Trinajstić information content (AvgIpc) is 2.63. The molecule has 1 aromatic heterocycles. The smallest absolute Gasteiger partial charge is 0.262 e. The molecule has 0 aliphatic heterocycles. The van der Waals surface area contributed by atoms with Crippen molar-refractivity contribution in [3.05, 3.63) is 81.6 Å². The molecule has 0 aliphatic rings. The lowest BCUT2D eigenvalue weighted by molar-refractivity contribution is 0.671. The van der Waals surface area contributed by atoms with Crippen molar-refractivity contribution in [3.8, 4) is 6.07 Å². The summed E-state index contributed by atoms with van der Waals surface area (Å²) in [7, 11) is 0. The number of thioether (sulfide) groups is 1. The number of hydrogen-bond acceptors (Lipinski definition) is 4. The molecule has 1 heterocycles. The Kier molecular flexibility index (Phi) is 5.22. The second-order valence-electron chi connectivity index (χ2n) is 5.36. The molecule has 2 aromatic carbocycles. The minimum Gasteiger partial charge on any atom is -0.283 e. The zero-order valence-corrected chi connectivity index (χ0v) is 14.8. The summed E-state index contributed by atoms with van der Waals surface area (Å²) >= 11 is 7.48. The minimum absolute atomic E-state index is 0.130. The molecule has 0 spiro atoms. The molecule has 0 amide bonds. The van der Waals surface area contributed by atoms with E-state index in [0.29, 0.717) is 38.9 Å². The Bertz CT molecular complexity index is 1040. The van der Waals surface area contributed by atoms with Gasteiger partial charge < -0.3 is 0 Å². The first-order valence-corrected chi connectivity index (χ1v) is 8.91. The minimum atomic E-state index is -0.130. The fraction of sp³-hybridized carbons (Fsp3) is 0.105. The first-order valence-electron chi connectivity index (χ1n) is 7.55. The van der Waals surface area contributed by atoms with Gasteiger partial charge in [-0.15, -0.1) is 6.58 Å². The number of allylic oxidation sites excluding steroid dienone is 1. The number of nitriles is 1. The maximum Gasteiger partial charge on any atom is 0.262 e. The fourth-order valence-electron chi connectivity index (χ4n) is 2.40. The largest absolute Gasteiger partial charge is 0.283 e. The lowest BCUT2D eigenvalue weighted by Crippen LogP contribution is -2.22. The molecule has 4 nitrogen and oxygen atoms in total. The zero-order valence-electron chi connectivity index (χ0n) is 13.3. The predicted molar refractivity (Wildman–Crippen MR) is 102 cm³/mol. The van der Waals surface area contributed by atoms with Crippen LogP contribution in [-0.2, 0) is 12.3 Å². The molecule has 6 heteroatoms. The van der Waals surface area contributed by atoms with E-state index in [0.717, 1.165) is 5.56 Å². The first-order chi connectivity index (χ1) is 12.1. The van der Waals surface area contributed by atoms with E-state index in [1.54, 1.807) is 41.0 Å². The van der Waals surface area contributed by atoms with E-state index < -0.39 is 0 Å². The molecule has 3 rings (SSSR count). The standard InChI is InChI=1S/C19H14ClN3OS/c1-2-9-23-18(24)16-10-15(20)7-8-17(16)22-19(23)25-12-14-5-3-13(11-21)4-6-14/h2-8,10H,1,9,12H2. The van der Waals surface area contributed by atoms with Gasteiger partial charge in [-0.25, -0.2) is 4.98 Å². The van der Waals surface area contributed by atoms with E-state index in [1.807, 2.05) is 12.1 Å². The van der Waals surface area contributed by atoms with Crippen LogP contribution < -0.4 is 5.56 Å². The molecule has 0 N–H and O–H groups in total. The summed E-state index contributed by atoms with van der Waals surface area (Å²) in [5.41, 5.74) is 2.17. The van der Waals surface area contributed by atoms with Crippen LogP contribution in [0.1, 0.15) is 11.1 Å². The molecular formula is C19H14ClN3OS. The van der Waals surface area contributed by atoms with Gasteiger partial charge in [0, 0.05) is 17.3 Å². The normalized spacial score (nSPS) is 10.6. The second-order valence-corrected chi connectivity index (χ2v) is 6.74. The molecule has 0 atom stereocenters. The summed E-state index contributed by atoms with van der Waals surface area (Å²) in [6.45, 7) is 4.10. The van der Waals surface area contributed by atoms with E-state index in [2.05, 4.69) is 17.6 Å². The average molecular weight is 368 g/mol. The third kappa shape index (κ3) is 3.76. The van der Waals surface area contributed by atoms with Crippen molar-refractivity contribution in [2.45, 2.75) is 17.5 Å². The van der Waals surface area contributed by atoms with Crippen LogP contribution in [0.5, 0.6) is 0 Å². The van der Waals surface area contributed by atoms with Crippen LogP contribution >= 0.6 is 23.4 Å². The quantitative estimate of drug-likeness (QED) is 0.381. The number of aromatic nitrogens is 2. The maximum absolute atomic E-state index is 12.8.